The number of hydrogen-bond acceptors (Lipinski definition) is 3. The zero-order chi connectivity index (χ0) is 16.3. The molecule has 2 rings (SSSR count). The van der Waals surface area contributed by atoms with E-state index in [-0.39, 0.29) is 11.0 Å². The molecule has 4 nitrogen and oxygen atoms in total. The van der Waals surface area contributed by atoms with Crippen LogP contribution < -0.4 is 10.9 Å². The first-order valence-corrected chi connectivity index (χ1v) is 6.52. The molecule has 116 valence electrons. The maximum Gasteiger partial charge on any atom is 0.416 e. The Kier molecular flexibility index (Phi) is 4.56. The molecule has 1 heterocycles. The van der Waals surface area contributed by atoms with Gasteiger partial charge in [0.05, 0.1) is 5.56 Å². The predicted octanol–water partition coefficient (Wildman–Crippen LogP) is 3.82. The summed E-state index contributed by atoms with van der Waals surface area (Å²) in [7, 11) is 0. The summed E-state index contributed by atoms with van der Waals surface area (Å²) in [6.45, 7) is 1.74. The minimum absolute atomic E-state index is 0.207. The zero-order valence-corrected chi connectivity index (χ0v) is 12.1. The van der Waals surface area contributed by atoms with Gasteiger partial charge in [-0.25, -0.2) is 4.98 Å². The van der Waals surface area contributed by atoms with E-state index < -0.39 is 17.6 Å². The normalized spacial score (nSPS) is 11.1. The molecule has 0 radical (unpaired) electrons. The van der Waals surface area contributed by atoms with Crippen molar-refractivity contribution in [2.24, 2.45) is 0 Å². The maximum absolute atomic E-state index is 12.7. The molecule has 8 heteroatoms. The molecule has 0 fully saturated rings. The largest absolute Gasteiger partial charge is 0.416 e. The van der Waals surface area contributed by atoms with Gasteiger partial charge in [0.1, 0.15) is 11.0 Å². The Hall–Kier alpha value is -2.28. The van der Waals surface area contributed by atoms with Gasteiger partial charge >= 0.3 is 6.18 Å². The Morgan fingerprint density at radius 2 is 1.91 bits per heavy atom. The van der Waals surface area contributed by atoms with E-state index in [2.05, 4.69) is 15.8 Å². The van der Waals surface area contributed by atoms with Crippen molar-refractivity contribution in [1.29, 1.82) is 0 Å². The van der Waals surface area contributed by atoms with Crippen molar-refractivity contribution >= 4 is 23.3 Å². The average Bonchev–Trinajstić information content (AvgIpc) is 2.44. The van der Waals surface area contributed by atoms with Gasteiger partial charge in [-0.05, 0) is 30.7 Å². The topological polar surface area (TPSA) is 54.0 Å². The van der Waals surface area contributed by atoms with E-state index in [4.69, 9.17) is 11.6 Å². The molecule has 0 aliphatic carbocycles. The highest BCUT2D eigenvalue weighted by atomic mass is 35.5. The number of nitrogens with one attached hydrogen (secondary N) is 2. The summed E-state index contributed by atoms with van der Waals surface area (Å²) < 4.78 is 38.0. The molecule has 0 aliphatic rings. The number of benzene rings is 1. The number of carbonyl (C=O) groups is 1. The summed E-state index contributed by atoms with van der Waals surface area (Å²) in [5, 5.41) is -0.331. The Balaban J connectivity index is 2.14. The standard InChI is InChI=1S/C14H11ClF3N3O/c1-8-4-2-3-5-10(8)13(22)21-20-12-7-9(14(16,17)18)6-11(15)19-12/h2-7H,1H3,(H,19,20)(H,21,22). The number of aryl methyl sites for hydroxylation is 1. The van der Waals surface area contributed by atoms with E-state index in [1.807, 2.05) is 0 Å². The number of rotatable bonds is 3. The summed E-state index contributed by atoms with van der Waals surface area (Å²) in [5.74, 6) is -0.699. The van der Waals surface area contributed by atoms with Crippen LogP contribution in [0.1, 0.15) is 21.5 Å². The molecule has 1 amide bonds. The number of aromatic nitrogens is 1. The minimum Gasteiger partial charge on any atom is -0.282 e. The average molecular weight is 330 g/mol. The molecule has 0 bridgehead atoms. The first kappa shape index (κ1) is 16.1. The van der Waals surface area contributed by atoms with Crippen LogP contribution in [0.3, 0.4) is 0 Å². The molecule has 0 saturated heterocycles. The third-order valence-corrected chi connectivity index (χ3v) is 3.01. The van der Waals surface area contributed by atoms with Crippen molar-refractivity contribution in [3.05, 3.63) is 58.2 Å². The van der Waals surface area contributed by atoms with Gasteiger partial charge in [0, 0.05) is 5.56 Å². The third kappa shape index (κ3) is 3.88. The van der Waals surface area contributed by atoms with Gasteiger partial charge in [-0.1, -0.05) is 29.8 Å². The number of alkyl halides is 3. The van der Waals surface area contributed by atoms with Crippen molar-refractivity contribution in [3.63, 3.8) is 0 Å². The van der Waals surface area contributed by atoms with E-state index in [1.54, 1.807) is 31.2 Å². The fraction of sp³-hybridized carbons (Fsp3) is 0.143. The predicted molar refractivity (Wildman–Crippen MR) is 76.5 cm³/mol. The second kappa shape index (κ2) is 6.23. The fourth-order valence-electron chi connectivity index (χ4n) is 1.74. The minimum atomic E-state index is -4.55. The van der Waals surface area contributed by atoms with Gasteiger partial charge < -0.3 is 0 Å². The number of nitrogens with zero attached hydrogens (tertiary/aromatic N) is 1. The summed E-state index contributed by atoms with van der Waals surface area (Å²) >= 11 is 5.55. The van der Waals surface area contributed by atoms with E-state index in [0.29, 0.717) is 11.6 Å². The van der Waals surface area contributed by atoms with Gasteiger partial charge in [-0.15, -0.1) is 0 Å². The van der Waals surface area contributed by atoms with Gasteiger partial charge in [0.25, 0.3) is 5.91 Å². The molecule has 0 unspecified atom stereocenters. The first-order valence-electron chi connectivity index (χ1n) is 6.14. The number of hydrazine groups is 1. The summed E-state index contributed by atoms with van der Waals surface area (Å²) in [6, 6.07) is 8.25. The summed E-state index contributed by atoms with van der Waals surface area (Å²) in [4.78, 5) is 15.6. The van der Waals surface area contributed by atoms with Gasteiger partial charge in [-0.2, -0.15) is 13.2 Å². The second-order valence-electron chi connectivity index (χ2n) is 4.46. The third-order valence-electron chi connectivity index (χ3n) is 2.82. The van der Waals surface area contributed by atoms with Crippen molar-refractivity contribution in [2.75, 3.05) is 5.43 Å². The smallest absolute Gasteiger partial charge is 0.282 e. The van der Waals surface area contributed by atoms with E-state index >= 15 is 0 Å². The number of halogens is 4. The van der Waals surface area contributed by atoms with Crippen molar-refractivity contribution in [1.82, 2.24) is 10.4 Å². The highest BCUT2D eigenvalue weighted by Gasteiger charge is 2.31. The summed E-state index contributed by atoms with van der Waals surface area (Å²) in [6.07, 6.45) is -4.55. The van der Waals surface area contributed by atoms with Crippen molar-refractivity contribution in [2.45, 2.75) is 13.1 Å². The molecule has 22 heavy (non-hydrogen) atoms. The van der Waals surface area contributed by atoms with Crippen LogP contribution in [0.4, 0.5) is 19.0 Å². The summed E-state index contributed by atoms with van der Waals surface area (Å²) in [5.41, 5.74) is 4.78. The Morgan fingerprint density at radius 3 is 2.55 bits per heavy atom. The highest BCUT2D eigenvalue weighted by Crippen LogP contribution is 2.31. The maximum atomic E-state index is 12.7. The molecule has 2 N–H and O–H groups in total. The van der Waals surface area contributed by atoms with Crippen LogP contribution in [0.25, 0.3) is 0 Å². The Bertz CT molecular complexity index is 704. The molecule has 1 aromatic carbocycles. The lowest BCUT2D eigenvalue weighted by atomic mass is 10.1. The number of amides is 1. The molecule has 2 aromatic rings. The lowest BCUT2D eigenvalue weighted by molar-refractivity contribution is -0.137. The molecular weight excluding hydrogens is 319 g/mol. The van der Waals surface area contributed by atoms with E-state index in [1.165, 1.54) is 0 Å². The van der Waals surface area contributed by atoms with Gasteiger partial charge in [0.2, 0.25) is 0 Å². The highest BCUT2D eigenvalue weighted by molar-refractivity contribution is 6.29. The van der Waals surface area contributed by atoms with Gasteiger partial charge in [-0.3, -0.25) is 15.6 Å². The van der Waals surface area contributed by atoms with Crippen molar-refractivity contribution < 1.29 is 18.0 Å². The fourth-order valence-corrected chi connectivity index (χ4v) is 1.95. The van der Waals surface area contributed by atoms with E-state index in [9.17, 15) is 18.0 Å². The van der Waals surface area contributed by atoms with Crippen LogP contribution in [0.5, 0.6) is 0 Å². The van der Waals surface area contributed by atoms with Gasteiger partial charge in [0.15, 0.2) is 0 Å². The first-order chi connectivity index (χ1) is 10.3. The number of anilines is 1. The van der Waals surface area contributed by atoms with E-state index in [0.717, 1.165) is 11.6 Å². The number of hydrogen-bond donors (Lipinski definition) is 2. The van der Waals surface area contributed by atoms with Crippen LogP contribution in [0.15, 0.2) is 36.4 Å². The number of carbonyl (C=O) groups excluding carboxylic acids is 1. The van der Waals surface area contributed by atoms with Crippen LogP contribution >= 0.6 is 11.6 Å². The molecule has 0 aliphatic heterocycles. The van der Waals surface area contributed by atoms with Crippen molar-refractivity contribution in [3.8, 4) is 0 Å². The lowest BCUT2D eigenvalue weighted by Crippen LogP contribution is -2.30. The molecule has 0 saturated carbocycles. The quantitative estimate of drug-likeness (QED) is 0.665. The Morgan fingerprint density at radius 1 is 1.23 bits per heavy atom. The second-order valence-corrected chi connectivity index (χ2v) is 4.84. The van der Waals surface area contributed by atoms with Crippen LogP contribution in [-0.4, -0.2) is 10.9 Å². The monoisotopic (exact) mass is 329 g/mol. The number of pyridine rings is 1. The molecule has 0 atom stereocenters. The Labute approximate surface area is 129 Å². The molecular formula is C14H11ClF3N3O. The zero-order valence-electron chi connectivity index (χ0n) is 11.3. The lowest BCUT2D eigenvalue weighted by Gasteiger charge is -2.12. The SMILES string of the molecule is Cc1ccccc1C(=O)NNc1cc(C(F)(F)F)cc(Cl)n1. The van der Waals surface area contributed by atoms with Crippen LogP contribution in [-0.2, 0) is 6.18 Å². The van der Waals surface area contributed by atoms with Crippen LogP contribution in [0.2, 0.25) is 5.15 Å². The molecule has 1 aromatic heterocycles. The molecule has 0 spiro atoms. The van der Waals surface area contributed by atoms with Crippen LogP contribution in [0, 0.1) is 6.92 Å².